The van der Waals surface area contributed by atoms with Crippen molar-refractivity contribution in [2.24, 2.45) is 0 Å². The van der Waals surface area contributed by atoms with Crippen molar-refractivity contribution in [3.05, 3.63) is 52.6 Å². The maximum absolute atomic E-state index is 10.1. The Balaban J connectivity index is 1.49. The van der Waals surface area contributed by atoms with Gasteiger partial charge < -0.3 is 15.0 Å². The highest BCUT2D eigenvalue weighted by molar-refractivity contribution is 5.67. The van der Waals surface area contributed by atoms with Crippen LogP contribution in [-0.2, 0) is 24.2 Å². The van der Waals surface area contributed by atoms with E-state index in [2.05, 4.69) is 45.5 Å². The van der Waals surface area contributed by atoms with Crippen LogP contribution in [0.5, 0.6) is 0 Å². The standard InChI is InChI=1S/C26H33N5O/c27-17-23-22-11-12-31(21-9-5-2-6-10-21)19-24(22)25(28-18-20-7-3-1-4-8-20)29-26(23)30-13-15-32-16-14-30/h1,3-4,7-8,21H,2,5-6,9-16,18-19H2,(H,28,29). The third-order valence-corrected chi connectivity index (χ3v) is 7.22. The fourth-order valence-corrected chi connectivity index (χ4v) is 5.45. The number of fused-ring (bicyclic) bond motifs is 1. The molecule has 0 amide bonds. The number of hydrogen-bond donors (Lipinski definition) is 1. The van der Waals surface area contributed by atoms with Crippen molar-refractivity contribution < 1.29 is 4.74 Å². The van der Waals surface area contributed by atoms with E-state index >= 15 is 0 Å². The van der Waals surface area contributed by atoms with Crippen LogP contribution >= 0.6 is 0 Å². The van der Waals surface area contributed by atoms with Crippen molar-refractivity contribution in [3.8, 4) is 6.07 Å². The van der Waals surface area contributed by atoms with Gasteiger partial charge in [0, 0.05) is 44.3 Å². The van der Waals surface area contributed by atoms with Gasteiger partial charge in [-0.25, -0.2) is 4.98 Å². The number of aromatic nitrogens is 1. The maximum Gasteiger partial charge on any atom is 0.149 e. The lowest BCUT2D eigenvalue weighted by Crippen LogP contribution is -2.42. The van der Waals surface area contributed by atoms with E-state index in [4.69, 9.17) is 9.72 Å². The highest BCUT2D eigenvalue weighted by Gasteiger charge is 2.31. The number of nitriles is 1. The Morgan fingerprint density at radius 3 is 2.56 bits per heavy atom. The molecule has 3 aliphatic rings. The molecule has 6 nitrogen and oxygen atoms in total. The van der Waals surface area contributed by atoms with Crippen molar-refractivity contribution in [2.75, 3.05) is 43.1 Å². The average molecular weight is 432 g/mol. The van der Waals surface area contributed by atoms with E-state index in [0.29, 0.717) is 19.3 Å². The molecule has 1 saturated heterocycles. The van der Waals surface area contributed by atoms with Crippen molar-refractivity contribution in [1.82, 2.24) is 9.88 Å². The van der Waals surface area contributed by atoms with Gasteiger partial charge in [-0.3, -0.25) is 4.90 Å². The monoisotopic (exact) mass is 431 g/mol. The highest BCUT2D eigenvalue weighted by atomic mass is 16.5. The average Bonchev–Trinajstić information content (AvgIpc) is 2.88. The lowest BCUT2D eigenvalue weighted by molar-refractivity contribution is 0.122. The smallest absolute Gasteiger partial charge is 0.149 e. The molecule has 168 valence electrons. The zero-order valence-corrected chi connectivity index (χ0v) is 18.9. The predicted octanol–water partition coefficient (Wildman–Crippen LogP) is 4.09. The number of benzene rings is 1. The molecule has 0 bridgehead atoms. The summed E-state index contributed by atoms with van der Waals surface area (Å²) in [5.74, 6) is 1.78. The summed E-state index contributed by atoms with van der Waals surface area (Å²) in [4.78, 5) is 9.96. The second kappa shape index (κ2) is 9.89. The molecule has 6 heteroatoms. The largest absolute Gasteiger partial charge is 0.378 e. The zero-order chi connectivity index (χ0) is 21.8. The lowest BCUT2D eigenvalue weighted by Gasteiger charge is -2.39. The quantitative estimate of drug-likeness (QED) is 0.769. The number of nitrogens with one attached hydrogen (secondary N) is 1. The van der Waals surface area contributed by atoms with Crippen LogP contribution in [0.3, 0.4) is 0 Å². The van der Waals surface area contributed by atoms with E-state index in [1.54, 1.807) is 0 Å². The fraction of sp³-hybridized carbons (Fsp3) is 0.538. The molecule has 3 heterocycles. The Morgan fingerprint density at radius 1 is 1.03 bits per heavy atom. The Kier molecular flexibility index (Phi) is 6.56. The Hall–Kier alpha value is -2.62. The van der Waals surface area contributed by atoms with Gasteiger partial charge in [0.15, 0.2) is 0 Å². The van der Waals surface area contributed by atoms with E-state index in [-0.39, 0.29) is 0 Å². The third kappa shape index (κ3) is 4.46. The number of rotatable bonds is 5. The van der Waals surface area contributed by atoms with Gasteiger partial charge in [0.05, 0.1) is 18.8 Å². The summed E-state index contributed by atoms with van der Waals surface area (Å²) in [6.45, 7) is 5.61. The summed E-state index contributed by atoms with van der Waals surface area (Å²) in [6, 6.07) is 13.7. The normalized spacial score (nSPS) is 19.9. The van der Waals surface area contributed by atoms with Crippen LogP contribution in [0.25, 0.3) is 0 Å². The third-order valence-electron chi connectivity index (χ3n) is 7.22. The van der Waals surface area contributed by atoms with Gasteiger partial charge in [0.1, 0.15) is 17.7 Å². The summed E-state index contributed by atoms with van der Waals surface area (Å²) >= 11 is 0. The second-order valence-electron chi connectivity index (χ2n) is 9.18. The molecule has 5 rings (SSSR count). The molecule has 1 aliphatic carbocycles. The molecule has 1 aromatic heterocycles. The minimum atomic E-state index is 0.670. The topological polar surface area (TPSA) is 64.4 Å². The van der Waals surface area contributed by atoms with Gasteiger partial charge in [-0.1, -0.05) is 49.6 Å². The van der Waals surface area contributed by atoms with E-state index < -0.39 is 0 Å². The van der Waals surface area contributed by atoms with Gasteiger partial charge in [-0.2, -0.15) is 5.26 Å². The highest BCUT2D eigenvalue weighted by Crippen LogP contribution is 2.36. The molecule has 0 spiro atoms. The molecular weight excluding hydrogens is 398 g/mol. The SMILES string of the molecule is N#Cc1c(N2CCOCC2)nc(NCc2ccccc2)c2c1CCN(C1CCCCC1)C2. The summed E-state index contributed by atoms with van der Waals surface area (Å²) in [5.41, 5.74) is 4.44. The van der Waals surface area contributed by atoms with Crippen LogP contribution in [0.1, 0.15) is 54.4 Å². The maximum atomic E-state index is 10.1. The minimum absolute atomic E-state index is 0.670. The first-order valence-corrected chi connectivity index (χ1v) is 12.1. The van der Waals surface area contributed by atoms with Crippen LogP contribution in [0.2, 0.25) is 0 Å². The van der Waals surface area contributed by atoms with Crippen LogP contribution < -0.4 is 10.2 Å². The number of morpholine rings is 1. The summed E-state index contributed by atoms with van der Waals surface area (Å²) in [7, 11) is 0. The van der Waals surface area contributed by atoms with Crippen LogP contribution in [0, 0.1) is 11.3 Å². The van der Waals surface area contributed by atoms with Gasteiger partial charge in [0.2, 0.25) is 0 Å². The van der Waals surface area contributed by atoms with Gasteiger partial charge in [-0.05, 0) is 30.4 Å². The molecule has 0 atom stereocenters. The molecule has 1 saturated carbocycles. The van der Waals surface area contributed by atoms with E-state index in [1.807, 2.05) is 6.07 Å². The molecule has 2 fully saturated rings. The van der Waals surface area contributed by atoms with Crippen molar-refractivity contribution >= 4 is 11.6 Å². The number of nitrogens with zero attached hydrogens (tertiary/aromatic N) is 4. The van der Waals surface area contributed by atoms with Crippen LogP contribution in [0.4, 0.5) is 11.6 Å². The van der Waals surface area contributed by atoms with E-state index in [0.717, 1.165) is 56.3 Å². The molecule has 2 aromatic rings. The van der Waals surface area contributed by atoms with Crippen molar-refractivity contribution in [2.45, 2.75) is 57.7 Å². The molecular formula is C26H33N5O. The Morgan fingerprint density at radius 2 is 1.81 bits per heavy atom. The second-order valence-corrected chi connectivity index (χ2v) is 9.18. The van der Waals surface area contributed by atoms with Gasteiger partial charge in [0.25, 0.3) is 0 Å². The number of ether oxygens (including phenoxy) is 1. The lowest BCUT2D eigenvalue weighted by atomic mass is 9.90. The zero-order valence-electron chi connectivity index (χ0n) is 18.9. The summed E-state index contributed by atoms with van der Waals surface area (Å²) in [6.07, 6.45) is 7.57. The number of hydrogen-bond acceptors (Lipinski definition) is 6. The predicted molar refractivity (Wildman–Crippen MR) is 127 cm³/mol. The molecule has 2 aliphatic heterocycles. The van der Waals surface area contributed by atoms with Crippen LogP contribution in [0.15, 0.2) is 30.3 Å². The summed E-state index contributed by atoms with van der Waals surface area (Å²) < 4.78 is 5.55. The van der Waals surface area contributed by atoms with Gasteiger partial charge >= 0.3 is 0 Å². The first-order chi connectivity index (χ1) is 15.8. The minimum Gasteiger partial charge on any atom is -0.378 e. The summed E-state index contributed by atoms with van der Waals surface area (Å²) in [5, 5.41) is 13.8. The fourth-order valence-electron chi connectivity index (χ4n) is 5.45. The number of pyridine rings is 1. The molecule has 0 radical (unpaired) electrons. The molecule has 32 heavy (non-hydrogen) atoms. The number of anilines is 2. The first-order valence-electron chi connectivity index (χ1n) is 12.1. The van der Waals surface area contributed by atoms with E-state index in [1.165, 1.54) is 48.8 Å². The molecule has 0 unspecified atom stereocenters. The van der Waals surface area contributed by atoms with Crippen molar-refractivity contribution in [1.29, 1.82) is 5.26 Å². The van der Waals surface area contributed by atoms with E-state index in [9.17, 15) is 5.26 Å². The van der Waals surface area contributed by atoms with Crippen molar-refractivity contribution in [3.63, 3.8) is 0 Å². The first kappa shape index (κ1) is 21.2. The Labute approximate surface area is 191 Å². The molecule has 1 N–H and O–H groups in total. The van der Waals surface area contributed by atoms with Crippen LogP contribution in [-0.4, -0.2) is 48.8 Å². The Bertz CT molecular complexity index is 958. The van der Waals surface area contributed by atoms with Gasteiger partial charge in [-0.15, -0.1) is 0 Å². The molecule has 1 aromatic carbocycles.